The largest absolute Gasteiger partial charge is 0.497 e. The van der Waals surface area contributed by atoms with Crippen molar-refractivity contribution < 1.29 is 23.9 Å². The molecule has 7 heteroatoms. The number of carbonyl (C=O) groups is 2. The summed E-state index contributed by atoms with van der Waals surface area (Å²) in [5.74, 6) is -0.102. The first-order chi connectivity index (χ1) is 13.5. The van der Waals surface area contributed by atoms with Crippen LogP contribution >= 0.6 is 0 Å². The zero-order chi connectivity index (χ0) is 20.4. The molecule has 0 saturated carbocycles. The number of hydrogen-bond acceptors (Lipinski definition) is 6. The van der Waals surface area contributed by atoms with Gasteiger partial charge < -0.3 is 19.6 Å². The van der Waals surface area contributed by atoms with E-state index < -0.39 is 18.5 Å². The summed E-state index contributed by atoms with van der Waals surface area (Å²) < 4.78 is 9.95. The molecule has 0 bridgehead atoms. The molecule has 1 amide bonds. The number of hydrogen-bond donors (Lipinski definition) is 1. The average Bonchev–Trinajstić information content (AvgIpc) is 2.70. The van der Waals surface area contributed by atoms with Crippen LogP contribution in [0.5, 0.6) is 5.75 Å². The van der Waals surface area contributed by atoms with E-state index in [9.17, 15) is 9.59 Å². The SMILES string of the molecule is COc1ccc(/C=N\OCC(=O)OCC(=O)Nc2ccccc2C(C)C)cc1. The molecule has 0 aliphatic heterocycles. The fourth-order valence-electron chi connectivity index (χ4n) is 2.37. The van der Waals surface area contributed by atoms with E-state index in [2.05, 4.69) is 10.5 Å². The lowest BCUT2D eigenvalue weighted by Gasteiger charge is -2.13. The van der Waals surface area contributed by atoms with Crippen molar-refractivity contribution in [2.75, 3.05) is 25.6 Å². The highest BCUT2D eigenvalue weighted by atomic mass is 16.7. The molecule has 0 aliphatic rings. The van der Waals surface area contributed by atoms with Crippen LogP contribution in [0.25, 0.3) is 0 Å². The summed E-state index contributed by atoms with van der Waals surface area (Å²) in [4.78, 5) is 28.5. The Bertz CT molecular complexity index is 816. The molecular formula is C21H24N2O5. The number of carbonyl (C=O) groups excluding carboxylic acids is 2. The average molecular weight is 384 g/mol. The maximum Gasteiger partial charge on any atom is 0.347 e. The van der Waals surface area contributed by atoms with Crippen LogP contribution in [0.4, 0.5) is 5.69 Å². The predicted octanol–water partition coefficient (Wildman–Crippen LogP) is 3.35. The van der Waals surface area contributed by atoms with Crippen LogP contribution in [0.1, 0.15) is 30.9 Å². The van der Waals surface area contributed by atoms with Crippen molar-refractivity contribution in [1.29, 1.82) is 0 Å². The van der Waals surface area contributed by atoms with Gasteiger partial charge in [0.15, 0.2) is 6.61 Å². The van der Waals surface area contributed by atoms with Gasteiger partial charge in [-0.05, 0) is 47.4 Å². The van der Waals surface area contributed by atoms with Crippen LogP contribution in [-0.4, -0.2) is 38.4 Å². The lowest BCUT2D eigenvalue weighted by molar-refractivity contribution is -0.151. The molecule has 148 valence electrons. The van der Waals surface area contributed by atoms with Gasteiger partial charge in [0, 0.05) is 5.69 Å². The number of rotatable bonds is 9. The smallest absolute Gasteiger partial charge is 0.347 e. The van der Waals surface area contributed by atoms with E-state index in [0.29, 0.717) is 5.69 Å². The van der Waals surface area contributed by atoms with Crippen molar-refractivity contribution in [3.05, 3.63) is 59.7 Å². The molecule has 0 aromatic heterocycles. The first-order valence-corrected chi connectivity index (χ1v) is 8.83. The van der Waals surface area contributed by atoms with Crippen molar-refractivity contribution in [2.24, 2.45) is 5.16 Å². The quantitative estimate of drug-likeness (QED) is 0.407. The van der Waals surface area contributed by atoms with E-state index >= 15 is 0 Å². The zero-order valence-electron chi connectivity index (χ0n) is 16.2. The summed E-state index contributed by atoms with van der Waals surface area (Å²) in [5, 5.41) is 6.44. The minimum atomic E-state index is -0.681. The van der Waals surface area contributed by atoms with E-state index in [1.54, 1.807) is 31.4 Å². The summed E-state index contributed by atoms with van der Waals surface area (Å²) in [6.07, 6.45) is 1.46. The molecule has 28 heavy (non-hydrogen) atoms. The molecule has 0 saturated heterocycles. The molecule has 0 unspecified atom stereocenters. The van der Waals surface area contributed by atoms with Crippen LogP contribution in [0, 0.1) is 0 Å². The maximum atomic E-state index is 12.0. The number of amides is 1. The van der Waals surface area contributed by atoms with Gasteiger partial charge in [0.25, 0.3) is 5.91 Å². The van der Waals surface area contributed by atoms with Gasteiger partial charge in [-0.1, -0.05) is 37.2 Å². The lowest BCUT2D eigenvalue weighted by atomic mass is 10.0. The Labute approximate surface area is 164 Å². The van der Waals surface area contributed by atoms with Gasteiger partial charge in [-0.25, -0.2) is 4.79 Å². The Morgan fingerprint density at radius 2 is 1.79 bits per heavy atom. The molecule has 0 spiro atoms. The monoisotopic (exact) mass is 384 g/mol. The summed E-state index contributed by atoms with van der Waals surface area (Å²) >= 11 is 0. The Morgan fingerprint density at radius 1 is 1.07 bits per heavy atom. The molecule has 0 atom stereocenters. The summed E-state index contributed by atoms with van der Waals surface area (Å²) in [6, 6.07) is 14.7. The van der Waals surface area contributed by atoms with E-state index in [4.69, 9.17) is 14.3 Å². The number of ether oxygens (including phenoxy) is 2. The van der Waals surface area contributed by atoms with E-state index in [1.165, 1.54) is 6.21 Å². The number of oxime groups is 1. The zero-order valence-corrected chi connectivity index (χ0v) is 16.2. The molecule has 0 radical (unpaired) electrons. The van der Waals surface area contributed by atoms with E-state index in [1.807, 2.05) is 38.1 Å². The number of esters is 1. The van der Waals surface area contributed by atoms with E-state index in [0.717, 1.165) is 16.9 Å². The third-order valence-corrected chi connectivity index (χ3v) is 3.80. The van der Waals surface area contributed by atoms with Crippen LogP contribution < -0.4 is 10.1 Å². The van der Waals surface area contributed by atoms with Crippen LogP contribution in [0.3, 0.4) is 0 Å². The number of nitrogens with one attached hydrogen (secondary N) is 1. The number of para-hydroxylation sites is 1. The third-order valence-electron chi connectivity index (χ3n) is 3.80. The number of nitrogens with zero attached hydrogens (tertiary/aromatic N) is 1. The standard InChI is InChI=1S/C21H24N2O5/c1-15(2)18-6-4-5-7-19(18)23-20(24)13-27-21(25)14-28-22-12-16-8-10-17(26-3)11-9-16/h4-12,15H,13-14H2,1-3H3,(H,23,24)/b22-12-. The first-order valence-electron chi connectivity index (χ1n) is 8.83. The molecule has 2 aromatic rings. The molecule has 0 heterocycles. The highest BCUT2D eigenvalue weighted by Gasteiger charge is 2.11. The van der Waals surface area contributed by atoms with Gasteiger partial charge in [-0.15, -0.1) is 0 Å². The van der Waals surface area contributed by atoms with Crippen LogP contribution in [0.15, 0.2) is 53.7 Å². The molecule has 2 aromatic carbocycles. The van der Waals surface area contributed by atoms with Crippen LogP contribution in [0.2, 0.25) is 0 Å². The van der Waals surface area contributed by atoms with Crippen molar-refractivity contribution >= 4 is 23.8 Å². The van der Waals surface area contributed by atoms with Crippen molar-refractivity contribution in [3.8, 4) is 5.75 Å². The second-order valence-corrected chi connectivity index (χ2v) is 6.23. The molecule has 2 rings (SSSR count). The van der Waals surface area contributed by atoms with Gasteiger partial charge in [0.2, 0.25) is 6.61 Å². The third kappa shape index (κ3) is 6.75. The van der Waals surface area contributed by atoms with Crippen molar-refractivity contribution in [1.82, 2.24) is 0 Å². The Balaban J connectivity index is 1.72. The Hall–Kier alpha value is -3.35. The van der Waals surface area contributed by atoms with Gasteiger partial charge in [0.05, 0.1) is 13.3 Å². The van der Waals surface area contributed by atoms with Gasteiger partial charge in [0.1, 0.15) is 5.75 Å². The van der Waals surface area contributed by atoms with Crippen molar-refractivity contribution in [2.45, 2.75) is 19.8 Å². The molecule has 0 fully saturated rings. The topological polar surface area (TPSA) is 86.2 Å². The second kappa shape index (κ2) is 10.7. The van der Waals surface area contributed by atoms with Gasteiger partial charge in [-0.2, -0.15) is 0 Å². The number of benzene rings is 2. The fraction of sp³-hybridized carbons (Fsp3) is 0.286. The highest BCUT2D eigenvalue weighted by molar-refractivity contribution is 5.93. The molecule has 7 nitrogen and oxygen atoms in total. The minimum absolute atomic E-state index is 0.260. The lowest BCUT2D eigenvalue weighted by Crippen LogP contribution is -2.23. The fourth-order valence-corrected chi connectivity index (χ4v) is 2.37. The van der Waals surface area contributed by atoms with Gasteiger partial charge >= 0.3 is 5.97 Å². The molecular weight excluding hydrogens is 360 g/mol. The highest BCUT2D eigenvalue weighted by Crippen LogP contribution is 2.23. The van der Waals surface area contributed by atoms with Gasteiger partial charge in [-0.3, -0.25) is 4.79 Å². The molecule has 1 N–H and O–H groups in total. The van der Waals surface area contributed by atoms with E-state index in [-0.39, 0.29) is 12.5 Å². The summed E-state index contributed by atoms with van der Waals surface area (Å²) in [7, 11) is 1.58. The normalized spacial score (nSPS) is 10.7. The molecule has 0 aliphatic carbocycles. The Kier molecular flexibility index (Phi) is 8.02. The van der Waals surface area contributed by atoms with Crippen LogP contribution in [-0.2, 0) is 19.2 Å². The summed E-state index contributed by atoms with van der Waals surface area (Å²) in [6.45, 7) is 3.29. The second-order valence-electron chi connectivity index (χ2n) is 6.23. The summed E-state index contributed by atoms with van der Waals surface area (Å²) in [5.41, 5.74) is 2.51. The number of anilines is 1. The van der Waals surface area contributed by atoms with Crippen molar-refractivity contribution in [3.63, 3.8) is 0 Å². The minimum Gasteiger partial charge on any atom is -0.497 e. The maximum absolute atomic E-state index is 12.0. The Morgan fingerprint density at radius 3 is 2.46 bits per heavy atom. The first kappa shape index (κ1) is 21.0. The number of methoxy groups -OCH3 is 1. The predicted molar refractivity (Wildman–Crippen MR) is 107 cm³/mol.